The Morgan fingerprint density at radius 3 is 2.13 bits per heavy atom. The maximum Gasteiger partial charge on any atom is 0.203 e. The Kier molecular flexibility index (Phi) is 5.60. The van der Waals surface area contributed by atoms with E-state index in [-0.39, 0.29) is 17.2 Å². The number of rotatable bonds is 4. The van der Waals surface area contributed by atoms with E-state index in [9.17, 15) is 15.8 Å². The Hall–Kier alpha value is -3.67. The summed E-state index contributed by atoms with van der Waals surface area (Å²) in [6.07, 6.45) is 1.95. The zero-order valence-electron chi connectivity index (χ0n) is 17.4. The van der Waals surface area contributed by atoms with Crippen molar-refractivity contribution in [2.45, 2.75) is 5.92 Å². The Morgan fingerprint density at radius 1 is 1.07 bits per heavy atom. The Labute approximate surface area is 175 Å². The average Bonchev–Trinajstić information content (AvgIpc) is 2.77. The van der Waals surface area contributed by atoms with Crippen LogP contribution in [-0.2, 0) is 0 Å². The van der Waals surface area contributed by atoms with Gasteiger partial charge in [0.05, 0.1) is 44.7 Å². The highest BCUT2D eigenvalue weighted by molar-refractivity contribution is 5.62. The van der Waals surface area contributed by atoms with E-state index in [1.807, 2.05) is 13.1 Å². The summed E-state index contributed by atoms with van der Waals surface area (Å²) in [6, 6.07) is 9.86. The Morgan fingerprint density at radius 2 is 1.67 bits per heavy atom. The molecular formula is C22H23N5O3. The summed E-state index contributed by atoms with van der Waals surface area (Å²) in [4.78, 5) is 2.08. The zero-order chi connectivity index (χ0) is 22.1. The highest BCUT2D eigenvalue weighted by atomic mass is 16.5. The molecule has 1 heterocycles. The van der Waals surface area contributed by atoms with E-state index in [0.29, 0.717) is 35.9 Å². The first-order valence-corrected chi connectivity index (χ1v) is 9.34. The largest absolute Gasteiger partial charge is 0.493 e. The van der Waals surface area contributed by atoms with Crippen LogP contribution < -0.4 is 19.9 Å². The third-order valence-electron chi connectivity index (χ3n) is 5.89. The highest BCUT2D eigenvalue weighted by Crippen LogP contribution is 2.55. The first-order chi connectivity index (χ1) is 14.4. The lowest BCUT2D eigenvalue weighted by Crippen LogP contribution is -2.47. The fourth-order valence-electron chi connectivity index (χ4n) is 4.48. The topological polar surface area (TPSA) is 128 Å². The summed E-state index contributed by atoms with van der Waals surface area (Å²) in [5.74, 6) is 0.330. The van der Waals surface area contributed by atoms with Crippen molar-refractivity contribution in [1.82, 2.24) is 4.90 Å². The molecule has 1 aliphatic heterocycles. The molecule has 0 spiro atoms. The van der Waals surface area contributed by atoms with Crippen molar-refractivity contribution in [1.29, 1.82) is 15.8 Å². The number of hydrogen-bond acceptors (Lipinski definition) is 8. The first-order valence-electron chi connectivity index (χ1n) is 9.34. The lowest BCUT2D eigenvalue weighted by Gasteiger charge is -2.45. The summed E-state index contributed by atoms with van der Waals surface area (Å²) < 4.78 is 16.4. The molecule has 0 saturated heterocycles. The molecule has 2 aliphatic rings. The second kappa shape index (κ2) is 7.99. The minimum absolute atomic E-state index is 0.0131. The number of nitrogens with two attached hydrogens (primary N) is 1. The molecule has 30 heavy (non-hydrogen) atoms. The number of ether oxygens (including phenoxy) is 3. The van der Waals surface area contributed by atoms with E-state index < -0.39 is 11.3 Å². The molecule has 1 aromatic carbocycles. The predicted octanol–water partition coefficient (Wildman–Crippen LogP) is 2.07. The van der Waals surface area contributed by atoms with Crippen molar-refractivity contribution < 1.29 is 14.2 Å². The summed E-state index contributed by atoms with van der Waals surface area (Å²) in [5, 5.41) is 30.1. The minimum Gasteiger partial charge on any atom is -0.493 e. The Bertz CT molecular complexity index is 1010. The standard InChI is InChI=1S/C22H23N5O3/c1-27-6-5-14-15(9-23)21(26)22(11-24,12-25)19(16(14)10-27)13-7-17(28-2)20(30-4)18(8-13)29-3/h5,7-8,16,19H,6,10,26H2,1-4H3/t16-,19+/m0/s1. The van der Waals surface area contributed by atoms with Gasteiger partial charge in [0.1, 0.15) is 6.07 Å². The van der Waals surface area contributed by atoms with Gasteiger partial charge in [-0.1, -0.05) is 6.08 Å². The van der Waals surface area contributed by atoms with Gasteiger partial charge < -0.3 is 24.8 Å². The third kappa shape index (κ3) is 2.92. The van der Waals surface area contributed by atoms with Gasteiger partial charge >= 0.3 is 0 Å². The smallest absolute Gasteiger partial charge is 0.203 e. The molecule has 8 nitrogen and oxygen atoms in total. The first kappa shape index (κ1) is 21.0. The van der Waals surface area contributed by atoms with E-state index in [4.69, 9.17) is 19.9 Å². The van der Waals surface area contributed by atoms with Gasteiger partial charge in [-0.3, -0.25) is 0 Å². The van der Waals surface area contributed by atoms with E-state index in [0.717, 1.165) is 5.57 Å². The van der Waals surface area contributed by atoms with Gasteiger partial charge in [-0.25, -0.2) is 0 Å². The van der Waals surface area contributed by atoms with Crippen LogP contribution >= 0.6 is 0 Å². The van der Waals surface area contributed by atoms with Gasteiger partial charge in [0.15, 0.2) is 16.9 Å². The van der Waals surface area contributed by atoms with Crippen molar-refractivity contribution >= 4 is 0 Å². The Balaban J connectivity index is 2.37. The third-order valence-corrected chi connectivity index (χ3v) is 5.89. The number of methoxy groups -OCH3 is 3. The molecule has 0 saturated carbocycles. The summed E-state index contributed by atoms with van der Waals surface area (Å²) in [5.41, 5.74) is 6.25. The van der Waals surface area contributed by atoms with Crippen LogP contribution in [0.1, 0.15) is 11.5 Å². The molecule has 8 heteroatoms. The molecular weight excluding hydrogens is 382 g/mol. The maximum atomic E-state index is 10.2. The molecule has 0 bridgehead atoms. The molecule has 2 N–H and O–H groups in total. The van der Waals surface area contributed by atoms with Crippen molar-refractivity contribution in [2.24, 2.45) is 17.1 Å². The molecule has 0 unspecified atom stereocenters. The van der Waals surface area contributed by atoms with Gasteiger partial charge in [0, 0.05) is 24.9 Å². The van der Waals surface area contributed by atoms with Gasteiger partial charge in [0.2, 0.25) is 5.75 Å². The number of likely N-dealkylation sites (N-methyl/N-ethyl adjacent to an activating group) is 1. The van der Waals surface area contributed by atoms with E-state index >= 15 is 0 Å². The zero-order valence-corrected chi connectivity index (χ0v) is 17.4. The quantitative estimate of drug-likeness (QED) is 0.806. The van der Waals surface area contributed by atoms with Gasteiger partial charge in [-0.05, 0) is 30.3 Å². The van der Waals surface area contributed by atoms with Gasteiger partial charge in [0.25, 0.3) is 0 Å². The summed E-state index contributed by atoms with van der Waals surface area (Å²) in [7, 11) is 6.47. The van der Waals surface area contributed by atoms with Crippen LogP contribution in [0, 0.1) is 45.3 Å². The maximum absolute atomic E-state index is 10.2. The van der Waals surface area contributed by atoms with Crippen LogP contribution in [-0.4, -0.2) is 46.4 Å². The number of fused-ring (bicyclic) bond motifs is 1. The molecule has 2 atom stereocenters. The minimum atomic E-state index is -1.71. The molecule has 0 aromatic heterocycles. The number of nitriles is 3. The summed E-state index contributed by atoms with van der Waals surface area (Å²) >= 11 is 0. The average molecular weight is 405 g/mol. The van der Waals surface area contributed by atoms with Gasteiger partial charge in [-0.15, -0.1) is 0 Å². The van der Waals surface area contributed by atoms with E-state index in [1.165, 1.54) is 21.3 Å². The van der Waals surface area contributed by atoms with Crippen molar-refractivity contribution in [3.8, 4) is 35.5 Å². The summed E-state index contributed by atoms with van der Waals surface area (Å²) in [6.45, 7) is 1.22. The number of nitrogens with zero attached hydrogens (tertiary/aromatic N) is 4. The highest BCUT2D eigenvalue weighted by Gasteiger charge is 2.54. The predicted molar refractivity (Wildman–Crippen MR) is 108 cm³/mol. The molecule has 154 valence electrons. The van der Waals surface area contributed by atoms with Crippen molar-refractivity contribution in [3.05, 3.63) is 40.6 Å². The number of hydrogen-bond donors (Lipinski definition) is 1. The van der Waals surface area contributed by atoms with Crippen LogP contribution in [0.15, 0.2) is 35.1 Å². The molecule has 0 radical (unpaired) electrons. The molecule has 1 aliphatic carbocycles. The fraction of sp³-hybridized carbons (Fsp3) is 0.409. The SMILES string of the molecule is COc1cc([C@@H]2[C@H]3CN(C)CC=C3C(C#N)=C(N)C2(C#N)C#N)cc(OC)c1OC. The van der Waals surface area contributed by atoms with E-state index in [1.54, 1.807) is 12.1 Å². The van der Waals surface area contributed by atoms with Crippen LogP contribution in [0.3, 0.4) is 0 Å². The van der Waals surface area contributed by atoms with Crippen LogP contribution in [0.25, 0.3) is 0 Å². The molecule has 1 aromatic rings. The van der Waals surface area contributed by atoms with Crippen molar-refractivity contribution in [2.75, 3.05) is 41.5 Å². The monoisotopic (exact) mass is 405 g/mol. The fourth-order valence-corrected chi connectivity index (χ4v) is 4.48. The lowest BCUT2D eigenvalue weighted by molar-refractivity contribution is 0.236. The van der Waals surface area contributed by atoms with Crippen molar-refractivity contribution in [3.63, 3.8) is 0 Å². The normalized spacial score (nSPS) is 22.6. The molecule has 0 fully saturated rings. The van der Waals surface area contributed by atoms with Gasteiger partial charge in [-0.2, -0.15) is 15.8 Å². The second-order valence-electron chi connectivity index (χ2n) is 7.36. The van der Waals surface area contributed by atoms with Crippen LogP contribution in [0.5, 0.6) is 17.2 Å². The second-order valence-corrected chi connectivity index (χ2v) is 7.36. The lowest BCUT2D eigenvalue weighted by atomic mass is 9.58. The molecule has 0 amide bonds. The van der Waals surface area contributed by atoms with E-state index in [2.05, 4.69) is 23.1 Å². The van der Waals surface area contributed by atoms with Crippen LogP contribution in [0.4, 0.5) is 0 Å². The number of benzene rings is 1. The number of allylic oxidation sites excluding steroid dienone is 2. The molecule has 3 rings (SSSR count). The van der Waals surface area contributed by atoms with Crippen LogP contribution in [0.2, 0.25) is 0 Å².